The summed E-state index contributed by atoms with van der Waals surface area (Å²) in [7, 11) is 0. The van der Waals surface area contributed by atoms with Crippen LogP contribution in [0.4, 0.5) is 0 Å². The van der Waals surface area contributed by atoms with Gasteiger partial charge in [-0.2, -0.15) is 0 Å². The Balaban J connectivity index is 1.79. The lowest BCUT2D eigenvalue weighted by atomic mass is 9.92. The number of rotatable bonds is 11. The zero-order chi connectivity index (χ0) is 22.9. The Morgan fingerprint density at radius 1 is 1.06 bits per heavy atom. The van der Waals surface area contributed by atoms with Crippen molar-refractivity contribution >= 4 is 11.6 Å². The minimum absolute atomic E-state index is 0.0294. The van der Waals surface area contributed by atoms with E-state index in [2.05, 4.69) is 55.3 Å². The van der Waals surface area contributed by atoms with E-state index < -0.39 is 0 Å². The summed E-state index contributed by atoms with van der Waals surface area (Å²) < 4.78 is 0. The van der Waals surface area contributed by atoms with E-state index in [4.69, 9.17) is 16.6 Å². The summed E-state index contributed by atoms with van der Waals surface area (Å²) in [6.45, 7) is 8.24. The average Bonchev–Trinajstić information content (AvgIpc) is 2.80. The minimum atomic E-state index is -0.0294. The smallest absolute Gasteiger partial charge is 0.254 e. The predicted molar refractivity (Wildman–Crippen MR) is 134 cm³/mol. The Hall–Kier alpha value is -2.43. The number of aromatic nitrogens is 2. The SMILES string of the molecule is CCCC[C@@H](C)c1nc(-c2ccc(Cl)cc2)[nH]c(=O)c1C[C@@H](C)CNCc1ccccc1. The van der Waals surface area contributed by atoms with E-state index >= 15 is 0 Å². The first-order chi connectivity index (χ1) is 15.5. The van der Waals surface area contributed by atoms with Gasteiger partial charge in [0.1, 0.15) is 5.82 Å². The summed E-state index contributed by atoms with van der Waals surface area (Å²) in [6, 6.07) is 17.8. The summed E-state index contributed by atoms with van der Waals surface area (Å²) in [5.41, 5.74) is 3.86. The zero-order valence-electron chi connectivity index (χ0n) is 19.3. The molecule has 0 radical (unpaired) electrons. The number of benzene rings is 2. The van der Waals surface area contributed by atoms with Gasteiger partial charge in [0.15, 0.2) is 0 Å². The van der Waals surface area contributed by atoms with Crippen LogP contribution in [0.3, 0.4) is 0 Å². The van der Waals surface area contributed by atoms with Gasteiger partial charge in [-0.1, -0.05) is 75.5 Å². The first-order valence-electron chi connectivity index (χ1n) is 11.6. The molecule has 3 rings (SSSR count). The number of unbranched alkanes of at least 4 members (excludes halogenated alkanes) is 1. The van der Waals surface area contributed by atoms with Gasteiger partial charge in [-0.15, -0.1) is 0 Å². The van der Waals surface area contributed by atoms with Crippen LogP contribution in [-0.4, -0.2) is 16.5 Å². The fourth-order valence-electron chi connectivity index (χ4n) is 3.99. The predicted octanol–water partition coefficient (Wildman–Crippen LogP) is 6.35. The maximum absolute atomic E-state index is 13.2. The second-order valence-electron chi connectivity index (χ2n) is 8.75. The Labute approximate surface area is 196 Å². The number of nitrogens with zero attached hydrogens (tertiary/aromatic N) is 1. The number of halogens is 1. The Morgan fingerprint density at radius 3 is 2.47 bits per heavy atom. The molecule has 0 spiro atoms. The molecule has 170 valence electrons. The molecule has 0 bridgehead atoms. The highest BCUT2D eigenvalue weighted by Crippen LogP contribution is 2.26. The minimum Gasteiger partial charge on any atom is -0.312 e. The maximum atomic E-state index is 13.2. The van der Waals surface area contributed by atoms with Crippen molar-refractivity contribution < 1.29 is 0 Å². The van der Waals surface area contributed by atoms with E-state index in [1.807, 2.05) is 30.3 Å². The highest BCUT2D eigenvalue weighted by molar-refractivity contribution is 6.30. The third-order valence-electron chi connectivity index (χ3n) is 5.84. The van der Waals surface area contributed by atoms with Crippen molar-refractivity contribution in [2.24, 2.45) is 5.92 Å². The van der Waals surface area contributed by atoms with E-state index in [0.717, 1.165) is 49.2 Å². The van der Waals surface area contributed by atoms with Gasteiger partial charge in [-0.25, -0.2) is 4.98 Å². The molecule has 32 heavy (non-hydrogen) atoms. The molecule has 5 heteroatoms. The van der Waals surface area contributed by atoms with Crippen LogP contribution < -0.4 is 10.9 Å². The first-order valence-corrected chi connectivity index (χ1v) is 12.0. The van der Waals surface area contributed by atoms with E-state index in [9.17, 15) is 4.79 Å². The van der Waals surface area contributed by atoms with Gasteiger partial charge in [0, 0.05) is 22.7 Å². The summed E-state index contributed by atoms with van der Waals surface area (Å²) in [4.78, 5) is 21.1. The number of nitrogens with one attached hydrogen (secondary N) is 2. The summed E-state index contributed by atoms with van der Waals surface area (Å²) in [5, 5.41) is 4.19. The number of hydrogen-bond acceptors (Lipinski definition) is 3. The maximum Gasteiger partial charge on any atom is 0.254 e. The summed E-state index contributed by atoms with van der Waals surface area (Å²) in [5.74, 6) is 1.17. The lowest BCUT2D eigenvalue weighted by molar-refractivity contribution is 0.501. The number of aromatic amines is 1. The third-order valence-corrected chi connectivity index (χ3v) is 6.09. The van der Waals surface area contributed by atoms with E-state index in [1.54, 1.807) is 0 Å². The summed E-state index contributed by atoms with van der Waals surface area (Å²) in [6.07, 6.45) is 3.99. The van der Waals surface area contributed by atoms with Gasteiger partial charge >= 0.3 is 0 Å². The number of H-pyrrole nitrogens is 1. The molecular weight excluding hydrogens is 418 g/mol. The van der Waals surface area contributed by atoms with Crippen molar-refractivity contribution in [3.05, 3.63) is 86.8 Å². The van der Waals surface area contributed by atoms with Crippen LogP contribution in [0.25, 0.3) is 11.4 Å². The normalized spacial score (nSPS) is 13.1. The standard InChI is InChI=1S/C27H34ClN3O/c1-4-5-9-20(3)25-24(16-19(2)17-29-18-21-10-7-6-8-11-21)27(32)31-26(30-25)22-12-14-23(28)15-13-22/h6-8,10-15,19-20,29H,4-5,9,16-18H2,1-3H3,(H,30,31,32)/t19-,20-/m1/s1. The van der Waals surface area contributed by atoms with Crippen molar-refractivity contribution in [2.45, 2.75) is 58.9 Å². The van der Waals surface area contributed by atoms with E-state index in [-0.39, 0.29) is 11.5 Å². The van der Waals surface area contributed by atoms with E-state index in [1.165, 1.54) is 5.56 Å². The molecule has 1 heterocycles. The quantitative estimate of drug-likeness (QED) is 0.357. The molecule has 0 unspecified atom stereocenters. The van der Waals surface area contributed by atoms with Crippen LogP contribution in [0.15, 0.2) is 59.4 Å². The van der Waals surface area contributed by atoms with E-state index in [0.29, 0.717) is 23.2 Å². The van der Waals surface area contributed by atoms with Gasteiger partial charge in [0.25, 0.3) is 5.56 Å². The van der Waals surface area contributed by atoms with Crippen molar-refractivity contribution in [3.8, 4) is 11.4 Å². The van der Waals surface area contributed by atoms with Crippen LogP contribution in [0.5, 0.6) is 0 Å². The Kier molecular flexibility index (Phi) is 9.07. The highest BCUT2D eigenvalue weighted by atomic mass is 35.5. The molecule has 2 atom stereocenters. The molecule has 0 aliphatic heterocycles. The Morgan fingerprint density at radius 2 is 1.78 bits per heavy atom. The second-order valence-corrected chi connectivity index (χ2v) is 9.19. The molecule has 1 aromatic heterocycles. The lowest BCUT2D eigenvalue weighted by Crippen LogP contribution is -2.27. The first kappa shape index (κ1) is 24.2. The fraction of sp³-hybridized carbons (Fsp3) is 0.407. The van der Waals surface area contributed by atoms with Crippen LogP contribution in [0.2, 0.25) is 5.02 Å². The molecule has 2 N–H and O–H groups in total. The molecule has 0 fully saturated rings. The van der Waals surface area contributed by atoms with Crippen molar-refractivity contribution in [2.75, 3.05) is 6.54 Å². The van der Waals surface area contributed by atoms with Gasteiger partial charge in [-0.3, -0.25) is 4.79 Å². The second kappa shape index (κ2) is 12.0. The molecule has 2 aromatic carbocycles. The Bertz CT molecular complexity index is 1030. The molecular formula is C27H34ClN3O. The average molecular weight is 452 g/mol. The van der Waals surface area contributed by atoms with Crippen molar-refractivity contribution in [1.82, 2.24) is 15.3 Å². The van der Waals surface area contributed by atoms with Crippen LogP contribution >= 0.6 is 11.6 Å². The molecule has 3 aromatic rings. The molecule has 4 nitrogen and oxygen atoms in total. The van der Waals surface area contributed by atoms with Gasteiger partial charge in [-0.05, 0) is 61.1 Å². The molecule has 0 saturated carbocycles. The molecule has 0 amide bonds. The van der Waals surface area contributed by atoms with Crippen LogP contribution in [0.1, 0.15) is 62.8 Å². The molecule has 0 saturated heterocycles. The fourth-order valence-corrected chi connectivity index (χ4v) is 4.12. The summed E-state index contributed by atoms with van der Waals surface area (Å²) >= 11 is 6.03. The molecule has 0 aliphatic carbocycles. The highest BCUT2D eigenvalue weighted by Gasteiger charge is 2.19. The van der Waals surface area contributed by atoms with Crippen molar-refractivity contribution in [1.29, 1.82) is 0 Å². The van der Waals surface area contributed by atoms with Crippen LogP contribution in [-0.2, 0) is 13.0 Å². The largest absolute Gasteiger partial charge is 0.312 e. The topological polar surface area (TPSA) is 57.8 Å². The van der Waals surface area contributed by atoms with Crippen molar-refractivity contribution in [3.63, 3.8) is 0 Å². The monoisotopic (exact) mass is 451 g/mol. The zero-order valence-corrected chi connectivity index (χ0v) is 20.1. The third kappa shape index (κ3) is 6.78. The van der Waals surface area contributed by atoms with Crippen LogP contribution in [0, 0.1) is 5.92 Å². The van der Waals surface area contributed by atoms with Gasteiger partial charge < -0.3 is 10.3 Å². The number of hydrogen-bond donors (Lipinski definition) is 2. The van der Waals surface area contributed by atoms with Gasteiger partial charge in [0.05, 0.1) is 5.69 Å². The molecule has 0 aliphatic rings. The lowest BCUT2D eigenvalue weighted by Gasteiger charge is -2.19. The van der Waals surface area contributed by atoms with Gasteiger partial charge in [0.2, 0.25) is 0 Å².